The maximum absolute atomic E-state index is 3.79. The van der Waals surface area contributed by atoms with E-state index in [4.69, 9.17) is 0 Å². The van der Waals surface area contributed by atoms with Crippen LogP contribution >= 0.6 is 31.9 Å². The van der Waals surface area contributed by atoms with Gasteiger partial charge < -0.3 is 13.7 Å². The average Bonchev–Trinajstić information content (AvgIpc) is 4.32. The van der Waals surface area contributed by atoms with Gasteiger partial charge in [0.2, 0.25) is 0 Å². The maximum Gasteiger partial charge on any atom is 0.0541 e. The van der Waals surface area contributed by atoms with Gasteiger partial charge >= 0.3 is 0 Å². The number of hydrogen-bond donors (Lipinski definition) is 0. The zero-order chi connectivity index (χ0) is 57.1. The molecule has 12 rings (SSSR count). The van der Waals surface area contributed by atoms with Crippen LogP contribution in [0.4, 0.5) is 0 Å². The Labute approximate surface area is 499 Å². The zero-order valence-electron chi connectivity index (χ0n) is 50.5. The van der Waals surface area contributed by atoms with Crippen LogP contribution in [0.3, 0.4) is 0 Å². The maximum atomic E-state index is 3.79. The van der Waals surface area contributed by atoms with Crippen molar-refractivity contribution >= 4 is 97.3 Å². The first-order valence-corrected chi connectivity index (χ1v) is 31.8. The van der Waals surface area contributed by atoms with Crippen molar-refractivity contribution < 1.29 is 0 Å². The van der Waals surface area contributed by atoms with Gasteiger partial charge in [-0.25, -0.2) is 0 Å². The molecule has 0 aliphatic heterocycles. The van der Waals surface area contributed by atoms with Gasteiger partial charge in [-0.2, -0.15) is 0 Å². The summed E-state index contributed by atoms with van der Waals surface area (Å²) < 4.78 is 10.0. The number of fused-ring (bicyclic) bond motifs is 12. The molecule has 11 aromatic rings. The topological polar surface area (TPSA) is 14.8 Å². The van der Waals surface area contributed by atoms with Crippen molar-refractivity contribution in [1.29, 1.82) is 0 Å². The predicted octanol–water partition coefficient (Wildman–Crippen LogP) is 23.2. The van der Waals surface area contributed by atoms with Gasteiger partial charge in [0.15, 0.2) is 0 Å². The molecule has 0 N–H and O–H groups in total. The Morgan fingerprint density at radius 3 is 0.988 bits per heavy atom. The molecule has 5 heteroatoms. The molecule has 0 amide bonds. The third kappa shape index (κ3) is 10.0. The second-order valence-electron chi connectivity index (χ2n) is 28.4. The predicted molar refractivity (Wildman–Crippen MR) is 358 cm³/mol. The number of rotatable bonds is 13. The van der Waals surface area contributed by atoms with Gasteiger partial charge in [0.1, 0.15) is 0 Å². The number of unbranched alkanes of at least 4 members (excludes halogenated alkanes) is 7. The van der Waals surface area contributed by atoms with Crippen molar-refractivity contribution in [3.05, 3.63) is 188 Å². The van der Waals surface area contributed by atoms with Crippen LogP contribution in [0.25, 0.3) is 87.9 Å². The van der Waals surface area contributed by atoms with E-state index in [1.54, 1.807) is 0 Å². The van der Waals surface area contributed by atoms with Crippen LogP contribution in [0.2, 0.25) is 0 Å². The fourth-order valence-corrected chi connectivity index (χ4v) is 14.4. The van der Waals surface area contributed by atoms with E-state index in [9.17, 15) is 0 Å². The summed E-state index contributed by atoms with van der Waals surface area (Å²) in [7, 11) is 0. The van der Waals surface area contributed by atoms with Gasteiger partial charge in [-0.05, 0) is 188 Å². The highest BCUT2D eigenvalue weighted by Crippen LogP contribution is 2.53. The lowest BCUT2D eigenvalue weighted by Crippen LogP contribution is -2.20. The highest BCUT2D eigenvalue weighted by molar-refractivity contribution is 9.10. The lowest BCUT2D eigenvalue weighted by Gasteiger charge is -2.28. The van der Waals surface area contributed by atoms with Crippen LogP contribution in [-0.4, -0.2) is 13.7 Å². The summed E-state index contributed by atoms with van der Waals surface area (Å²) in [6.45, 7) is 31.4. The number of benzene rings is 8. The van der Waals surface area contributed by atoms with Gasteiger partial charge in [0.05, 0.1) is 22.1 Å². The molecule has 1 aliphatic carbocycles. The van der Waals surface area contributed by atoms with Crippen molar-refractivity contribution in [3.63, 3.8) is 0 Å². The molecule has 8 aromatic carbocycles. The molecule has 3 heterocycles. The highest BCUT2D eigenvalue weighted by atomic mass is 79.9. The van der Waals surface area contributed by atoms with Crippen molar-refractivity contribution in [3.8, 4) is 22.5 Å². The Balaban J connectivity index is 0.869. The SMILES string of the molecule is CC(C)(C)c1ccc2c(c1)c1cc(C(C)(C)C)ccc1n2-c1ccc2c(c1)c1cc(-n3c4ccc(C(C)(C)C)cc4c4cc(C(C)(C)C)ccc43)ccc1n2CCCCCCCCCCC1(C)c2cc(Br)ccc2-c2ccc(Br)cc21. The number of nitrogens with zero attached hydrogens (tertiary/aromatic N) is 3. The molecule has 3 nitrogen and oxygen atoms in total. The van der Waals surface area contributed by atoms with Gasteiger partial charge in [-0.1, -0.05) is 203 Å². The molecule has 416 valence electrons. The molecule has 3 aromatic heterocycles. The Bertz CT molecular complexity index is 3860. The van der Waals surface area contributed by atoms with Gasteiger partial charge in [0.25, 0.3) is 0 Å². The monoisotopic (exact) mass is 1200 g/mol. The summed E-state index contributed by atoms with van der Waals surface area (Å²) >= 11 is 7.58. The minimum Gasteiger partial charge on any atom is -0.340 e. The molecule has 0 unspecified atom stereocenters. The van der Waals surface area contributed by atoms with E-state index in [1.807, 2.05) is 0 Å². The Morgan fingerprint density at radius 2 is 0.642 bits per heavy atom. The lowest BCUT2D eigenvalue weighted by atomic mass is 9.76. The zero-order valence-corrected chi connectivity index (χ0v) is 53.7. The molecular formula is C76H83Br2N3. The van der Waals surface area contributed by atoms with Gasteiger partial charge in [0, 0.05) is 75.6 Å². The van der Waals surface area contributed by atoms with E-state index in [0.717, 1.165) is 13.0 Å². The van der Waals surface area contributed by atoms with Crippen LogP contribution in [0.15, 0.2) is 155 Å². The second-order valence-corrected chi connectivity index (χ2v) is 30.3. The molecular weight excluding hydrogens is 1110 g/mol. The molecule has 0 fully saturated rings. The fourth-order valence-electron chi connectivity index (χ4n) is 13.7. The third-order valence-electron chi connectivity index (χ3n) is 18.6. The molecule has 0 saturated heterocycles. The Kier molecular flexibility index (Phi) is 14.1. The summed E-state index contributed by atoms with van der Waals surface area (Å²) in [5.41, 5.74) is 21.4. The van der Waals surface area contributed by atoms with Gasteiger partial charge in [-0.3, -0.25) is 0 Å². The van der Waals surface area contributed by atoms with Crippen LogP contribution in [0, 0.1) is 0 Å². The van der Waals surface area contributed by atoms with E-state index in [2.05, 4.69) is 281 Å². The first-order chi connectivity index (χ1) is 38.4. The van der Waals surface area contributed by atoms with Crippen molar-refractivity contribution in [2.45, 2.75) is 181 Å². The van der Waals surface area contributed by atoms with Crippen molar-refractivity contribution in [2.24, 2.45) is 0 Å². The van der Waals surface area contributed by atoms with E-state index in [0.29, 0.717) is 0 Å². The standard InChI is InChI=1S/C76H83Br2N3/c1-72(2,3)48-22-32-68-58(40-48)59-41-49(73(4,5)6)23-33-69(59)80(68)54-28-36-66-62(46-54)63-47-55(81-70-34-24-50(74(7,8)9)42-60(70)61-43-51(75(10,11)12)25-35-71(61)81)29-37-67(63)79(66)39-21-19-17-15-14-16-18-20-38-76(13)64-44-52(77)26-30-56(64)57-31-27-53(78)45-65(57)76/h22-37,40-47H,14-21,38-39H2,1-13H3. The largest absolute Gasteiger partial charge is 0.340 e. The Hall–Kier alpha value is -5.88. The minimum atomic E-state index is 0.0319. The summed E-state index contributed by atoms with van der Waals surface area (Å²) in [5, 5.41) is 7.90. The summed E-state index contributed by atoms with van der Waals surface area (Å²) in [5.74, 6) is 0. The second kappa shape index (κ2) is 20.5. The van der Waals surface area contributed by atoms with E-state index in [1.165, 1.54) is 182 Å². The normalized spacial score (nSPS) is 14.0. The molecule has 0 atom stereocenters. The summed E-state index contributed by atoms with van der Waals surface area (Å²) in [4.78, 5) is 0. The molecule has 0 bridgehead atoms. The third-order valence-corrected chi connectivity index (χ3v) is 19.6. The number of aryl methyl sites for hydroxylation is 1. The molecule has 0 radical (unpaired) electrons. The highest BCUT2D eigenvalue weighted by Gasteiger charge is 2.39. The van der Waals surface area contributed by atoms with Crippen molar-refractivity contribution in [1.82, 2.24) is 13.7 Å². The summed E-state index contributed by atoms with van der Waals surface area (Å²) in [6, 6.07) is 57.2. The first kappa shape index (κ1) is 55.6. The molecule has 0 saturated carbocycles. The minimum absolute atomic E-state index is 0.0319. The lowest BCUT2D eigenvalue weighted by molar-refractivity contribution is 0.476. The van der Waals surface area contributed by atoms with E-state index in [-0.39, 0.29) is 27.1 Å². The van der Waals surface area contributed by atoms with Crippen LogP contribution in [0.5, 0.6) is 0 Å². The molecule has 81 heavy (non-hydrogen) atoms. The Morgan fingerprint density at radius 1 is 0.333 bits per heavy atom. The van der Waals surface area contributed by atoms with Crippen LogP contribution < -0.4 is 0 Å². The number of hydrogen-bond acceptors (Lipinski definition) is 0. The van der Waals surface area contributed by atoms with Crippen LogP contribution in [0.1, 0.15) is 181 Å². The number of halogens is 2. The van der Waals surface area contributed by atoms with E-state index >= 15 is 0 Å². The van der Waals surface area contributed by atoms with Crippen molar-refractivity contribution in [2.75, 3.05) is 0 Å². The van der Waals surface area contributed by atoms with E-state index < -0.39 is 0 Å². The first-order valence-electron chi connectivity index (χ1n) is 30.2. The fraction of sp³-hybridized carbons (Fsp3) is 0.368. The molecule has 0 spiro atoms. The average molecular weight is 1200 g/mol. The summed E-state index contributed by atoms with van der Waals surface area (Å²) in [6.07, 6.45) is 11.3. The van der Waals surface area contributed by atoms with Crippen LogP contribution in [-0.2, 0) is 33.6 Å². The number of aromatic nitrogens is 3. The smallest absolute Gasteiger partial charge is 0.0541 e. The quantitative estimate of drug-likeness (QED) is 0.102. The van der Waals surface area contributed by atoms with Gasteiger partial charge in [-0.15, -0.1) is 0 Å². The molecule has 1 aliphatic rings.